The molecule has 5 heteroatoms. The lowest BCUT2D eigenvalue weighted by molar-refractivity contribution is 1.07. The first kappa shape index (κ1) is 39.2. The number of rotatable bonds is 8. The lowest BCUT2D eigenvalue weighted by Gasteiger charge is -2.15. The van der Waals surface area contributed by atoms with Gasteiger partial charge in [0.15, 0.2) is 17.5 Å². The van der Waals surface area contributed by atoms with Gasteiger partial charge in [0.25, 0.3) is 0 Å². The normalized spacial score (nSPS) is 11.5. The van der Waals surface area contributed by atoms with Gasteiger partial charge in [0, 0.05) is 49.6 Å². The summed E-state index contributed by atoms with van der Waals surface area (Å²) in [6.45, 7) is 0. The zero-order chi connectivity index (χ0) is 45.0. The molecule has 0 saturated carbocycles. The fourth-order valence-corrected chi connectivity index (χ4v) is 9.90. The largest absolute Gasteiger partial charge is 0.309 e. The lowest BCUT2D eigenvalue weighted by Crippen LogP contribution is -2.02. The highest BCUT2D eigenvalue weighted by Crippen LogP contribution is 2.40. The monoisotopic (exact) mass is 867 g/mol. The van der Waals surface area contributed by atoms with Gasteiger partial charge in [0.2, 0.25) is 0 Å². The van der Waals surface area contributed by atoms with E-state index in [9.17, 15) is 0 Å². The maximum atomic E-state index is 5.26. The molecule has 10 aromatic carbocycles. The molecule has 0 atom stereocenters. The van der Waals surface area contributed by atoms with Gasteiger partial charge < -0.3 is 9.13 Å². The van der Waals surface area contributed by atoms with E-state index in [1.165, 1.54) is 43.7 Å². The Balaban J connectivity index is 1.01. The van der Waals surface area contributed by atoms with E-state index in [1.807, 2.05) is 24.3 Å². The summed E-state index contributed by atoms with van der Waals surface area (Å²) in [7, 11) is 0. The molecule has 0 spiro atoms. The van der Waals surface area contributed by atoms with Crippen LogP contribution in [0, 0.1) is 0 Å². The molecular formula is C63H41N5. The number of aromatic nitrogens is 5. The van der Waals surface area contributed by atoms with Crippen LogP contribution in [0.3, 0.4) is 0 Å². The summed E-state index contributed by atoms with van der Waals surface area (Å²) >= 11 is 0. The molecule has 0 amide bonds. The molecule has 3 heterocycles. The van der Waals surface area contributed by atoms with Gasteiger partial charge in [-0.15, -0.1) is 0 Å². The Hall–Kier alpha value is -9.19. The Labute approximate surface area is 393 Å². The Kier molecular flexibility index (Phi) is 9.43. The summed E-state index contributed by atoms with van der Waals surface area (Å²) in [5.74, 6) is 1.84. The lowest BCUT2D eigenvalue weighted by atomic mass is 10.0. The molecule has 13 rings (SSSR count). The van der Waals surface area contributed by atoms with E-state index >= 15 is 0 Å². The van der Waals surface area contributed by atoms with E-state index < -0.39 is 0 Å². The number of hydrogen-bond acceptors (Lipinski definition) is 3. The quantitative estimate of drug-likeness (QED) is 0.153. The molecule has 0 N–H and O–H groups in total. The van der Waals surface area contributed by atoms with E-state index in [-0.39, 0.29) is 0 Å². The van der Waals surface area contributed by atoms with Crippen LogP contribution in [0.1, 0.15) is 0 Å². The first-order chi connectivity index (χ1) is 33.7. The van der Waals surface area contributed by atoms with Crippen molar-refractivity contribution in [2.24, 2.45) is 0 Å². The van der Waals surface area contributed by atoms with Crippen molar-refractivity contribution in [1.82, 2.24) is 24.1 Å². The second-order valence-corrected chi connectivity index (χ2v) is 17.3. The summed E-state index contributed by atoms with van der Waals surface area (Å²) in [5.41, 5.74) is 16.3. The van der Waals surface area contributed by atoms with Crippen LogP contribution < -0.4 is 0 Å². The molecule has 3 aromatic heterocycles. The molecule has 0 bridgehead atoms. The fourth-order valence-electron chi connectivity index (χ4n) is 9.90. The highest BCUT2D eigenvalue weighted by molar-refractivity contribution is 6.13. The molecule has 13 aromatic rings. The van der Waals surface area contributed by atoms with Crippen molar-refractivity contribution < 1.29 is 0 Å². The summed E-state index contributed by atoms with van der Waals surface area (Å²) < 4.78 is 4.82. The van der Waals surface area contributed by atoms with Crippen LogP contribution in [0.5, 0.6) is 0 Å². The average molecular weight is 868 g/mol. The average Bonchev–Trinajstić information content (AvgIpc) is 3.94. The molecule has 0 saturated heterocycles. The standard InChI is InChI=1S/C63H41N5/c1-5-17-42(18-6-1)45-29-31-47(32-30-45)62-64-61(46-23-11-4-12-24-46)65-63(66-62)50-37-49(44-21-9-3-10-22-44)38-52(39-50)68-58-28-16-14-26-54(58)56-41-51(34-36-59(56)68)67-57-27-15-13-25-53(57)55-35-33-48(40-60(55)67)43-19-7-2-8-20-43/h1-41H. The van der Waals surface area contributed by atoms with Gasteiger partial charge in [-0.25, -0.2) is 15.0 Å². The number of hydrogen-bond donors (Lipinski definition) is 0. The van der Waals surface area contributed by atoms with E-state index in [0.717, 1.165) is 61.4 Å². The number of nitrogens with zero attached hydrogens (tertiary/aromatic N) is 5. The van der Waals surface area contributed by atoms with E-state index in [0.29, 0.717) is 17.5 Å². The maximum Gasteiger partial charge on any atom is 0.164 e. The second kappa shape index (κ2) is 16.4. The number of fused-ring (bicyclic) bond motifs is 6. The molecule has 0 aliphatic carbocycles. The van der Waals surface area contributed by atoms with Gasteiger partial charge in [0.1, 0.15) is 0 Å². The van der Waals surface area contributed by atoms with Crippen molar-refractivity contribution in [3.63, 3.8) is 0 Å². The van der Waals surface area contributed by atoms with Crippen LogP contribution in [0.25, 0.3) is 123 Å². The SMILES string of the molecule is c1ccc(-c2ccc(-c3nc(-c4ccccc4)nc(-c4cc(-c5ccccc5)cc(-n5c6ccccc6c6cc(-n7c8ccccc8c8ccc(-c9ccccc9)cc87)ccc65)c4)n3)cc2)cc1. The minimum atomic E-state index is 0.601. The zero-order valence-electron chi connectivity index (χ0n) is 36.9. The van der Waals surface area contributed by atoms with E-state index in [2.05, 4.69) is 234 Å². The molecule has 68 heavy (non-hydrogen) atoms. The third-order valence-electron chi connectivity index (χ3n) is 13.2. The Bertz CT molecular complexity index is 3990. The van der Waals surface area contributed by atoms with Crippen LogP contribution in [0.4, 0.5) is 0 Å². The predicted molar refractivity (Wildman–Crippen MR) is 281 cm³/mol. The van der Waals surface area contributed by atoms with Crippen molar-refractivity contribution in [3.8, 4) is 78.9 Å². The van der Waals surface area contributed by atoms with E-state index in [4.69, 9.17) is 15.0 Å². The van der Waals surface area contributed by atoms with E-state index in [1.54, 1.807) is 0 Å². The highest BCUT2D eigenvalue weighted by atomic mass is 15.0. The Morgan fingerprint density at radius 1 is 0.206 bits per heavy atom. The van der Waals surface area contributed by atoms with Crippen molar-refractivity contribution in [3.05, 3.63) is 249 Å². The van der Waals surface area contributed by atoms with Crippen molar-refractivity contribution >= 4 is 43.6 Å². The molecule has 0 unspecified atom stereocenters. The van der Waals surface area contributed by atoms with Gasteiger partial charge in [-0.3, -0.25) is 0 Å². The second-order valence-electron chi connectivity index (χ2n) is 17.3. The van der Waals surface area contributed by atoms with Crippen LogP contribution in [-0.4, -0.2) is 24.1 Å². The maximum absolute atomic E-state index is 5.26. The number of benzene rings is 10. The molecule has 318 valence electrons. The van der Waals surface area contributed by atoms with Crippen LogP contribution in [0.2, 0.25) is 0 Å². The number of para-hydroxylation sites is 2. The molecule has 0 aliphatic rings. The Morgan fingerprint density at radius 3 is 1.22 bits per heavy atom. The summed E-state index contributed by atoms with van der Waals surface area (Å²) in [6, 6.07) is 88.3. The summed E-state index contributed by atoms with van der Waals surface area (Å²) in [4.78, 5) is 15.6. The van der Waals surface area contributed by atoms with Gasteiger partial charge in [-0.1, -0.05) is 194 Å². The van der Waals surface area contributed by atoms with Crippen molar-refractivity contribution in [1.29, 1.82) is 0 Å². The fraction of sp³-hybridized carbons (Fsp3) is 0. The molecule has 5 nitrogen and oxygen atoms in total. The van der Waals surface area contributed by atoms with Crippen molar-refractivity contribution in [2.45, 2.75) is 0 Å². The topological polar surface area (TPSA) is 48.5 Å². The molecule has 0 aliphatic heterocycles. The van der Waals surface area contributed by atoms with Crippen LogP contribution >= 0.6 is 0 Å². The molecule has 0 radical (unpaired) electrons. The first-order valence-corrected chi connectivity index (χ1v) is 23.0. The molecule has 0 fully saturated rings. The van der Waals surface area contributed by atoms with Gasteiger partial charge in [-0.2, -0.15) is 0 Å². The first-order valence-electron chi connectivity index (χ1n) is 23.0. The van der Waals surface area contributed by atoms with Crippen LogP contribution in [-0.2, 0) is 0 Å². The highest BCUT2D eigenvalue weighted by Gasteiger charge is 2.20. The van der Waals surface area contributed by atoms with Crippen LogP contribution in [0.15, 0.2) is 249 Å². The summed E-state index contributed by atoms with van der Waals surface area (Å²) in [6.07, 6.45) is 0. The Morgan fingerprint density at radius 2 is 0.603 bits per heavy atom. The third kappa shape index (κ3) is 6.84. The summed E-state index contributed by atoms with van der Waals surface area (Å²) in [5, 5.41) is 4.81. The van der Waals surface area contributed by atoms with Gasteiger partial charge >= 0.3 is 0 Å². The smallest absolute Gasteiger partial charge is 0.164 e. The molecular weight excluding hydrogens is 827 g/mol. The third-order valence-corrected chi connectivity index (χ3v) is 13.2. The zero-order valence-corrected chi connectivity index (χ0v) is 36.9. The minimum Gasteiger partial charge on any atom is -0.309 e. The predicted octanol–water partition coefficient (Wildman–Crippen LogP) is 16.1. The van der Waals surface area contributed by atoms with Gasteiger partial charge in [-0.05, 0) is 88.0 Å². The minimum absolute atomic E-state index is 0.601. The van der Waals surface area contributed by atoms with Gasteiger partial charge in [0.05, 0.1) is 22.1 Å². The van der Waals surface area contributed by atoms with Crippen molar-refractivity contribution in [2.75, 3.05) is 0 Å².